The molecule has 1 aromatic carbocycles. The number of nitrogens with zero attached hydrogens (tertiary/aromatic N) is 1. The Morgan fingerprint density at radius 2 is 2.08 bits per heavy atom. The summed E-state index contributed by atoms with van der Waals surface area (Å²) in [7, 11) is -4.22. The number of hydrogen-bond donors (Lipinski definition) is 2. The molecule has 26 heavy (non-hydrogen) atoms. The first-order chi connectivity index (χ1) is 12.2. The van der Waals surface area contributed by atoms with Gasteiger partial charge in [-0.05, 0) is 32.0 Å². The number of H-pyrrole nitrogens is 1. The Morgan fingerprint density at radius 1 is 1.35 bits per heavy atom. The number of amides is 1. The molecule has 0 bridgehead atoms. The van der Waals surface area contributed by atoms with E-state index in [2.05, 4.69) is 14.9 Å². The van der Waals surface area contributed by atoms with Crippen LogP contribution in [0.4, 0.5) is 8.78 Å². The van der Waals surface area contributed by atoms with E-state index >= 15 is 0 Å². The Kier molecular flexibility index (Phi) is 4.40. The van der Waals surface area contributed by atoms with Gasteiger partial charge in [0.25, 0.3) is 15.9 Å². The molecule has 8 nitrogen and oxygen atoms in total. The van der Waals surface area contributed by atoms with Gasteiger partial charge in [0.2, 0.25) is 0 Å². The molecule has 0 saturated heterocycles. The van der Waals surface area contributed by atoms with Crippen molar-refractivity contribution >= 4 is 26.8 Å². The maximum atomic E-state index is 12.5. The minimum atomic E-state index is -4.22. The first-order valence-corrected chi connectivity index (χ1v) is 8.74. The number of carbonyl (C=O) groups is 1. The second kappa shape index (κ2) is 6.41. The highest BCUT2D eigenvalue weighted by Crippen LogP contribution is 2.28. The average molecular weight is 385 g/mol. The Morgan fingerprint density at radius 3 is 2.69 bits per heavy atom. The predicted molar refractivity (Wildman–Crippen MR) is 85.6 cm³/mol. The molecular formula is C15H13F2N3O5S. The summed E-state index contributed by atoms with van der Waals surface area (Å²) >= 11 is 0. The molecule has 0 unspecified atom stereocenters. The zero-order valence-electron chi connectivity index (χ0n) is 13.5. The molecule has 1 amide bonds. The van der Waals surface area contributed by atoms with Crippen molar-refractivity contribution in [2.75, 3.05) is 0 Å². The molecule has 138 valence electrons. The third kappa shape index (κ3) is 3.25. The molecule has 0 spiro atoms. The van der Waals surface area contributed by atoms with Crippen LogP contribution < -0.4 is 9.46 Å². The van der Waals surface area contributed by atoms with Crippen LogP contribution >= 0.6 is 0 Å². The van der Waals surface area contributed by atoms with Crippen LogP contribution in [0.25, 0.3) is 10.9 Å². The summed E-state index contributed by atoms with van der Waals surface area (Å²) in [5, 5.41) is 3.75. The molecule has 0 atom stereocenters. The van der Waals surface area contributed by atoms with Crippen molar-refractivity contribution in [2.24, 2.45) is 0 Å². The van der Waals surface area contributed by atoms with Gasteiger partial charge in [0, 0.05) is 10.9 Å². The first-order valence-electron chi connectivity index (χ1n) is 7.25. The number of benzene rings is 1. The summed E-state index contributed by atoms with van der Waals surface area (Å²) in [6.45, 7) is -0.213. The van der Waals surface area contributed by atoms with Crippen molar-refractivity contribution in [3.8, 4) is 5.75 Å². The maximum Gasteiger partial charge on any atom is 0.387 e. The lowest BCUT2D eigenvalue weighted by molar-refractivity contribution is -0.0487. The van der Waals surface area contributed by atoms with Gasteiger partial charge in [-0.3, -0.25) is 4.79 Å². The molecule has 2 aromatic heterocycles. The van der Waals surface area contributed by atoms with E-state index in [1.165, 1.54) is 38.1 Å². The Labute approximate surface area is 146 Å². The number of nitrogens with one attached hydrogen (secondary N) is 2. The van der Waals surface area contributed by atoms with Crippen LogP contribution in [0, 0.1) is 13.8 Å². The third-order valence-electron chi connectivity index (χ3n) is 3.55. The lowest BCUT2D eigenvalue weighted by Crippen LogP contribution is -2.31. The van der Waals surface area contributed by atoms with E-state index < -0.39 is 22.5 Å². The molecular weight excluding hydrogens is 372 g/mol. The van der Waals surface area contributed by atoms with Gasteiger partial charge in [0.05, 0.1) is 0 Å². The Balaban J connectivity index is 1.93. The van der Waals surface area contributed by atoms with Crippen molar-refractivity contribution in [3.05, 3.63) is 41.4 Å². The van der Waals surface area contributed by atoms with Crippen molar-refractivity contribution in [1.82, 2.24) is 14.9 Å². The van der Waals surface area contributed by atoms with E-state index in [0.717, 1.165) is 0 Å². The molecule has 2 N–H and O–H groups in total. The minimum absolute atomic E-state index is 0.0343. The topological polar surface area (TPSA) is 114 Å². The van der Waals surface area contributed by atoms with E-state index in [-0.39, 0.29) is 33.2 Å². The minimum Gasteiger partial charge on any atom is -0.434 e. The second-order valence-corrected chi connectivity index (χ2v) is 6.99. The quantitative estimate of drug-likeness (QED) is 0.697. The number of aryl methyl sites for hydroxylation is 2. The largest absolute Gasteiger partial charge is 0.434 e. The highest BCUT2D eigenvalue weighted by Gasteiger charge is 2.27. The predicted octanol–water partition coefficient (Wildman–Crippen LogP) is 2.49. The van der Waals surface area contributed by atoms with Crippen LogP contribution in [0.3, 0.4) is 0 Å². The van der Waals surface area contributed by atoms with Crippen molar-refractivity contribution in [3.63, 3.8) is 0 Å². The van der Waals surface area contributed by atoms with Crippen molar-refractivity contribution in [2.45, 2.75) is 25.4 Å². The molecule has 2 heterocycles. The number of ether oxygens (including phenoxy) is 1. The fourth-order valence-corrected chi connectivity index (χ4v) is 3.83. The number of alkyl halides is 2. The number of aromatic amines is 1. The van der Waals surface area contributed by atoms with Gasteiger partial charge in [-0.15, -0.1) is 0 Å². The summed E-state index contributed by atoms with van der Waals surface area (Å²) in [5.41, 5.74) is 0.302. The number of halogens is 2. The number of sulfonamides is 1. The lowest BCUT2D eigenvalue weighted by Gasteiger charge is -2.05. The average Bonchev–Trinajstić information content (AvgIpc) is 3.11. The van der Waals surface area contributed by atoms with Gasteiger partial charge in [-0.25, -0.2) is 13.1 Å². The second-order valence-electron chi connectivity index (χ2n) is 5.37. The fraction of sp³-hybridized carbons (Fsp3) is 0.200. The van der Waals surface area contributed by atoms with Crippen LogP contribution in [-0.2, 0) is 10.0 Å². The lowest BCUT2D eigenvalue weighted by atomic mass is 10.2. The SMILES string of the molecule is Cc1noc(C)c1S(=O)(=O)NC(=O)c1cc2c(OC(F)F)cccc2[nH]1. The summed E-state index contributed by atoms with van der Waals surface area (Å²) in [4.78, 5) is 14.8. The Hall–Kier alpha value is -2.95. The van der Waals surface area contributed by atoms with Gasteiger partial charge in [0.1, 0.15) is 17.1 Å². The van der Waals surface area contributed by atoms with Crippen LogP contribution in [-0.4, -0.2) is 31.1 Å². The van der Waals surface area contributed by atoms with E-state index in [0.29, 0.717) is 5.52 Å². The zero-order chi connectivity index (χ0) is 19.1. The molecule has 0 saturated carbocycles. The van der Waals surface area contributed by atoms with Crippen molar-refractivity contribution in [1.29, 1.82) is 0 Å². The Bertz CT molecular complexity index is 1070. The van der Waals surface area contributed by atoms with E-state index in [9.17, 15) is 22.0 Å². The van der Waals surface area contributed by atoms with Gasteiger partial charge >= 0.3 is 6.61 Å². The maximum absolute atomic E-state index is 12.5. The normalized spacial score (nSPS) is 11.9. The highest BCUT2D eigenvalue weighted by molar-refractivity contribution is 7.90. The van der Waals surface area contributed by atoms with Crippen molar-refractivity contribution < 1.29 is 31.3 Å². The van der Waals surface area contributed by atoms with Crippen LogP contribution in [0.1, 0.15) is 21.9 Å². The number of hydrogen-bond acceptors (Lipinski definition) is 6. The molecule has 3 aromatic rings. The first kappa shape index (κ1) is 17.9. The van der Waals surface area contributed by atoms with E-state index in [4.69, 9.17) is 4.52 Å². The van der Waals surface area contributed by atoms with Crippen LogP contribution in [0.15, 0.2) is 33.7 Å². The molecule has 0 aliphatic rings. The van der Waals surface area contributed by atoms with Gasteiger partial charge in [-0.1, -0.05) is 11.2 Å². The zero-order valence-corrected chi connectivity index (χ0v) is 14.4. The molecule has 0 radical (unpaired) electrons. The van der Waals surface area contributed by atoms with Crippen LogP contribution in [0.2, 0.25) is 0 Å². The number of carbonyl (C=O) groups excluding carboxylic acids is 1. The molecule has 0 aliphatic heterocycles. The number of aromatic nitrogens is 2. The smallest absolute Gasteiger partial charge is 0.387 e. The van der Waals surface area contributed by atoms with E-state index in [1.807, 2.05) is 4.72 Å². The number of rotatable bonds is 5. The highest BCUT2D eigenvalue weighted by atomic mass is 32.2. The number of fused-ring (bicyclic) bond motifs is 1. The standard InChI is InChI=1S/C15H13F2N3O5S/c1-7-13(8(2)25-19-7)26(22,23)20-14(21)11-6-9-10(18-11)4-3-5-12(9)24-15(16)17/h3-6,15,18H,1-2H3,(H,20,21). The van der Waals surface area contributed by atoms with Gasteiger partial charge in [0.15, 0.2) is 10.7 Å². The molecule has 11 heteroatoms. The fourth-order valence-electron chi connectivity index (χ4n) is 2.53. The van der Waals surface area contributed by atoms with Gasteiger partial charge in [-0.2, -0.15) is 8.78 Å². The van der Waals surface area contributed by atoms with E-state index in [1.54, 1.807) is 0 Å². The summed E-state index contributed by atoms with van der Waals surface area (Å²) in [6, 6.07) is 5.53. The third-order valence-corrected chi connectivity index (χ3v) is 5.12. The summed E-state index contributed by atoms with van der Waals surface area (Å²) < 4.78 is 60.8. The summed E-state index contributed by atoms with van der Waals surface area (Å²) in [5.74, 6) is -1.07. The van der Waals surface area contributed by atoms with Gasteiger partial charge < -0.3 is 14.2 Å². The molecule has 3 rings (SSSR count). The summed E-state index contributed by atoms with van der Waals surface area (Å²) in [6.07, 6.45) is 0. The van der Waals surface area contributed by atoms with Crippen LogP contribution in [0.5, 0.6) is 5.75 Å². The monoisotopic (exact) mass is 385 g/mol. The molecule has 0 aliphatic carbocycles. The molecule has 0 fully saturated rings.